The molecule has 2 N–H and O–H groups in total. The summed E-state index contributed by atoms with van der Waals surface area (Å²) < 4.78 is 10.9. The Morgan fingerprint density at radius 1 is 0.970 bits per heavy atom. The first-order chi connectivity index (χ1) is 16.1. The molecule has 1 atom stereocenters. The van der Waals surface area contributed by atoms with E-state index in [9.17, 15) is 14.7 Å². The molecule has 0 aromatic heterocycles. The number of aliphatic carboxylic acids is 1. The van der Waals surface area contributed by atoms with Crippen molar-refractivity contribution in [1.29, 1.82) is 0 Å². The van der Waals surface area contributed by atoms with Gasteiger partial charge >= 0.3 is 12.1 Å². The molecule has 33 heavy (non-hydrogen) atoms. The Bertz CT molecular complexity index is 1110. The summed E-state index contributed by atoms with van der Waals surface area (Å²) in [4.78, 5) is 24.2. The summed E-state index contributed by atoms with van der Waals surface area (Å²) in [5, 5.41) is 12.1. The van der Waals surface area contributed by atoms with Gasteiger partial charge in [-0.1, -0.05) is 73.3 Å². The van der Waals surface area contributed by atoms with Crippen molar-refractivity contribution in [3.05, 3.63) is 102 Å². The SMILES string of the molecule is C=CCOc1ccc(CC(NC(=O)OCC2c3ccccc3-c3ccccc32)C(=O)O)cc1. The molecule has 0 saturated heterocycles. The van der Waals surface area contributed by atoms with Gasteiger partial charge in [0.2, 0.25) is 0 Å². The monoisotopic (exact) mass is 443 g/mol. The van der Waals surface area contributed by atoms with E-state index >= 15 is 0 Å². The van der Waals surface area contributed by atoms with E-state index in [0.29, 0.717) is 12.4 Å². The molecule has 168 valence electrons. The summed E-state index contributed by atoms with van der Waals surface area (Å²) in [7, 11) is 0. The largest absolute Gasteiger partial charge is 0.490 e. The van der Waals surface area contributed by atoms with Crippen molar-refractivity contribution < 1.29 is 24.2 Å². The van der Waals surface area contributed by atoms with E-state index in [1.165, 1.54) is 0 Å². The predicted molar refractivity (Wildman–Crippen MR) is 125 cm³/mol. The van der Waals surface area contributed by atoms with Gasteiger partial charge in [-0.2, -0.15) is 0 Å². The molecule has 1 amide bonds. The van der Waals surface area contributed by atoms with Crippen molar-refractivity contribution in [3.8, 4) is 16.9 Å². The minimum absolute atomic E-state index is 0.0884. The van der Waals surface area contributed by atoms with Gasteiger partial charge in [-0.05, 0) is 39.9 Å². The second-order valence-corrected chi connectivity index (χ2v) is 7.81. The molecule has 1 unspecified atom stereocenters. The second kappa shape index (κ2) is 10.0. The molecule has 3 aromatic rings. The number of carbonyl (C=O) groups is 2. The smallest absolute Gasteiger partial charge is 0.407 e. The summed E-state index contributed by atoms with van der Waals surface area (Å²) in [5.41, 5.74) is 5.21. The van der Waals surface area contributed by atoms with Crippen LogP contribution >= 0.6 is 0 Å². The molecule has 0 fully saturated rings. The number of nitrogens with one attached hydrogen (secondary N) is 1. The Balaban J connectivity index is 1.38. The first-order valence-corrected chi connectivity index (χ1v) is 10.7. The number of hydrogen-bond donors (Lipinski definition) is 2. The van der Waals surface area contributed by atoms with Crippen molar-refractivity contribution in [2.45, 2.75) is 18.4 Å². The number of carboxylic acid groups (broad SMARTS) is 1. The highest BCUT2D eigenvalue weighted by Gasteiger charge is 2.29. The lowest BCUT2D eigenvalue weighted by atomic mass is 9.98. The average molecular weight is 443 g/mol. The van der Waals surface area contributed by atoms with Crippen LogP contribution in [-0.2, 0) is 16.0 Å². The van der Waals surface area contributed by atoms with Crippen LogP contribution in [0.1, 0.15) is 22.6 Å². The van der Waals surface area contributed by atoms with Crippen LogP contribution in [0.4, 0.5) is 4.79 Å². The van der Waals surface area contributed by atoms with Gasteiger partial charge in [0.15, 0.2) is 0 Å². The van der Waals surface area contributed by atoms with Crippen molar-refractivity contribution in [2.24, 2.45) is 0 Å². The van der Waals surface area contributed by atoms with E-state index < -0.39 is 18.1 Å². The maximum atomic E-state index is 12.5. The van der Waals surface area contributed by atoms with Crippen molar-refractivity contribution in [1.82, 2.24) is 5.32 Å². The lowest BCUT2D eigenvalue weighted by Crippen LogP contribution is -2.42. The molecule has 1 aliphatic carbocycles. The number of benzene rings is 3. The average Bonchev–Trinajstić information content (AvgIpc) is 3.15. The quantitative estimate of drug-likeness (QED) is 0.465. The molecule has 3 aromatic carbocycles. The summed E-state index contributed by atoms with van der Waals surface area (Å²) in [6.07, 6.45) is 1.02. The number of fused-ring (bicyclic) bond motifs is 3. The van der Waals surface area contributed by atoms with E-state index in [4.69, 9.17) is 9.47 Å². The van der Waals surface area contributed by atoms with Gasteiger partial charge in [-0.3, -0.25) is 0 Å². The van der Waals surface area contributed by atoms with Gasteiger partial charge in [0.25, 0.3) is 0 Å². The number of rotatable bonds is 9. The summed E-state index contributed by atoms with van der Waals surface area (Å²) >= 11 is 0. The number of amides is 1. The minimum Gasteiger partial charge on any atom is -0.490 e. The normalized spacial score (nSPS) is 12.8. The van der Waals surface area contributed by atoms with Gasteiger partial charge in [0, 0.05) is 12.3 Å². The van der Waals surface area contributed by atoms with Gasteiger partial charge in [-0.25, -0.2) is 9.59 Å². The van der Waals surface area contributed by atoms with Crippen LogP contribution in [0.15, 0.2) is 85.5 Å². The Hall–Kier alpha value is -4.06. The zero-order valence-electron chi connectivity index (χ0n) is 18.1. The number of carboxylic acids is 1. The third kappa shape index (κ3) is 5.06. The molecular weight excluding hydrogens is 418 g/mol. The lowest BCUT2D eigenvalue weighted by Gasteiger charge is -2.17. The van der Waals surface area contributed by atoms with Crippen LogP contribution in [0, 0.1) is 0 Å². The second-order valence-electron chi connectivity index (χ2n) is 7.81. The molecule has 0 bridgehead atoms. The van der Waals surface area contributed by atoms with E-state index in [-0.39, 0.29) is 18.9 Å². The predicted octanol–water partition coefficient (Wildman–Crippen LogP) is 4.79. The Morgan fingerprint density at radius 2 is 1.58 bits per heavy atom. The van der Waals surface area contributed by atoms with E-state index in [2.05, 4.69) is 24.0 Å². The fourth-order valence-corrected chi connectivity index (χ4v) is 4.10. The lowest BCUT2D eigenvalue weighted by molar-refractivity contribution is -0.139. The summed E-state index contributed by atoms with van der Waals surface area (Å²) in [6, 6.07) is 22.0. The van der Waals surface area contributed by atoms with E-state index in [1.807, 2.05) is 36.4 Å². The highest BCUT2D eigenvalue weighted by atomic mass is 16.5. The van der Waals surface area contributed by atoms with Gasteiger partial charge < -0.3 is 19.9 Å². The first-order valence-electron chi connectivity index (χ1n) is 10.7. The molecule has 6 nitrogen and oxygen atoms in total. The number of ether oxygens (including phenoxy) is 2. The van der Waals surface area contributed by atoms with Crippen LogP contribution in [-0.4, -0.2) is 36.4 Å². The van der Waals surface area contributed by atoms with Crippen LogP contribution in [0.25, 0.3) is 11.1 Å². The molecule has 0 aliphatic heterocycles. The zero-order valence-corrected chi connectivity index (χ0v) is 18.1. The van der Waals surface area contributed by atoms with Crippen LogP contribution in [0.5, 0.6) is 5.75 Å². The fourth-order valence-electron chi connectivity index (χ4n) is 4.10. The van der Waals surface area contributed by atoms with Gasteiger partial charge in [-0.15, -0.1) is 0 Å². The van der Waals surface area contributed by atoms with Crippen LogP contribution in [0.2, 0.25) is 0 Å². The molecule has 0 heterocycles. The van der Waals surface area contributed by atoms with Gasteiger partial charge in [0.1, 0.15) is 25.0 Å². The highest BCUT2D eigenvalue weighted by Crippen LogP contribution is 2.44. The Morgan fingerprint density at radius 3 is 2.15 bits per heavy atom. The third-order valence-electron chi connectivity index (χ3n) is 5.66. The standard InChI is InChI=1S/C27H25NO5/c1-2-15-32-19-13-11-18(12-14-19)16-25(26(29)30)28-27(31)33-17-24-22-9-5-3-7-20(22)21-8-4-6-10-23(21)24/h2-14,24-25H,1,15-17H2,(H,28,31)(H,29,30). The zero-order chi connectivity index (χ0) is 23.2. The van der Waals surface area contributed by atoms with Crippen LogP contribution in [0.3, 0.4) is 0 Å². The van der Waals surface area contributed by atoms with Crippen molar-refractivity contribution >= 4 is 12.1 Å². The Labute approximate surface area is 192 Å². The fraction of sp³-hybridized carbons (Fsp3) is 0.185. The van der Waals surface area contributed by atoms with Crippen molar-refractivity contribution in [2.75, 3.05) is 13.2 Å². The molecular formula is C27H25NO5. The molecule has 6 heteroatoms. The summed E-state index contributed by atoms with van der Waals surface area (Å²) in [6.45, 7) is 4.12. The molecule has 4 rings (SSSR count). The highest BCUT2D eigenvalue weighted by molar-refractivity contribution is 5.81. The van der Waals surface area contributed by atoms with E-state index in [0.717, 1.165) is 27.8 Å². The maximum absolute atomic E-state index is 12.5. The molecule has 0 saturated carbocycles. The van der Waals surface area contributed by atoms with Gasteiger partial charge in [0.05, 0.1) is 0 Å². The van der Waals surface area contributed by atoms with Crippen LogP contribution < -0.4 is 10.1 Å². The molecule has 1 aliphatic rings. The molecule has 0 spiro atoms. The Kier molecular flexibility index (Phi) is 6.74. The maximum Gasteiger partial charge on any atom is 0.407 e. The first kappa shape index (κ1) is 22.1. The number of carbonyl (C=O) groups excluding carboxylic acids is 1. The molecule has 0 radical (unpaired) electrons. The topological polar surface area (TPSA) is 84.9 Å². The van der Waals surface area contributed by atoms with Crippen molar-refractivity contribution in [3.63, 3.8) is 0 Å². The number of alkyl carbamates (subject to hydrolysis) is 1. The van der Waals surface area contributed by atoms with E-state index in [1.54, 1.807) is 30.3 Å². The third-order valence-corrected chi connectivity index (χ3v) is 5.66. The summed E-state index contributed by atoms with van der Waals surface area (Å²) in [5.74, 6) is -0.556. The minimum atomic E-state index is -1.13. The number of hydrogen-bond acceptors (Lipinski definition) is 4.